The quantitative estimate of drug-likeness (QED) is 0.475. The van der Waals surface area contributed by atoms with E-state index in [0.29, 0.717) is 5.56 Å². The highest BCUT2D eigenvalue weighted by molar-refractivity contribution is 6.01. The smallest absolute Gasteiger partial charge is 0.331 e. The number of aromatic nitrogens is 2. The number of Topliss-reactive ketones (excluding diaryl/α,β-unsaturated/α-hetero) is 1. The Morgan fingerprint density at radius 1 is 1.12 bits per heavy atom. The molecule has 2 rings (SSSR count). The minimum atomic E-state index is -0.543. The highest BCUT2D eigenvalue weighted by Gasteiger charge is 2.14. The molecule has 5 nitrogen and oxygen atoms in total. The Bertz CT molecular complexity index is 837. The number of carbonyl (C=O) groups excluding carboxylic acids is 2. The number of ketones is 1. The molecule has 0 fully saturated rings. The number of hydrogen-bond acceptors (Lipinski definition) is 4. The summed E-state index contributed by atoms with van der Waals surface area (Å²) in [6.45, 7) is 9.31. The molecule has 0 bridgehead atoms. The topological polar surface area (TPSA) is 61.2 Å². The second kappa shape index (κ2) is 7.47. The van der Waals surface area contributed by atoms with Crippen LogP contribution in [0.5, 0.6) is 0 Å². The van der Waals surface area contributed by atoms with Crippen LogP contribution < -0.4 is 0 Å². The van der Waals surface area contributed by atoms with Crippen molar-refractivity contribution in [3.05, 3.63) is 57.4 Å². The predicted octanol–water partition coefficient (Wildman–Crippen LogP) is 3.40. The van der Waals surface area contributed by atoms with Crippen molar-refractivity contribution < 1.29 is 14.3 Å². The van der Waals surface area contributed by atoms with Crippen LogP contribution in [0.25, 0.3) is 6.08 Å². The van der Waals surface area contributed by atoms with Crippen molar-refractivity contribution in [3.63, 3.8) is 0 Å². The van der Waals surface area contributed by atoms with Crippen LogP contribution in [-0.2, 0) is 16.6 Å². The van der Waals surface area contributed by atoms with Gasteiger partial charge in [0, 0.05) is 29.9 Å². The standard InChI is InChI=1S/C20H24N2O3/c1-12-9-13(2)20(14(3)10-12)18(23)11-25-19(24)8-7-17-15(4)21-22(6)16(17)5/h7-10H,11H2,1-6H3/b8-7+. The molecule has 1 aromatic carbocycles. The van der Waals surface area contributed by atoms with Crippen molar-refractivity contribution >= 4 is 17.8 Å². The van der Waals surface area contributed by atoms with Crippen LogP contribution in [0.3, 0.4) is 0 Å². The van der Waals surface area contributed by atoms with E-state index in [4.69, 9.17) is 4.74 Å². The van der Waals surface area contributed by atoms with Gasteiger partial charge in [-0.15, -0.1) is 0 Å². The Balaban J connectivity index is 2.03. The number of carbonyl (C=O) groups is 2. The molecular formula is C20H24N2O3. The maximum absolute atomic E-state index is 12.4. The van der Waals surface area contributed by atoms with Gasteiger partial charge in [-0.2, -0.15) is 5.10 Å². The van der Waals surface area contributed by atoms with Gasteiger partial charge in [-0.25, -0.2) is 4.79 Å². The monoisotopic (exact) mass is 340 g/mol. The zero-order chi connectivity index (χ0) is 18.7. The second-order valence-electron chi connectivity index (χ2n) is 6.35. The minimum absolute atomic E-state index is 0.189. The molecule has 1 aromatic heterocycles. The molecular weight excluding hydrogens is 316 g/mol. The fourth-order valence-electron chi connectivity index (χ4n) is 3.06. The van der Waals surface area contributed by atoms with Gasteiger partial charge in [0.1, 0.15) is 0 Å². The average Bonchev–Trinajstić information content (AvgIpc) is 2.75. The first kappa shape index (κ1) is 18.6. The van der Waals surface area contributed by atoms with Gasteiger partial charge >= 0.3 is 5.97 Å². The van der Waals surface area contributed by atoms with Gasteiger partial charge in [0.25, 0.3) is 0 Å². The SMILES string of the molecule is Cc1cc(C)c(C(=O)COC(=O)/C=C/c2c(C)nn(C)c2C)c(C)c1. The summed E-state index contributed by atoms with van der Waals surface area (Å²) in [5.74, 6) is -0.732. The van der Waals surface area contributed by atoms with Gasteiger partial charge in [0.15, 0.2) is 6.61 Å². The number of benzene rings is 1. The van der Waals surface area contributed by atoms with Crippen LogP contribution in [0.2, 0.25) is 0 Å². The Kier molecular flexibility index (Phi) is 5.57. The molecule has 0 saturated carbocycles. The van der Waals surface area contributed by atoms with Gasteiger partial charge in [-0.1, -0.05) is 17.7 Å². The molecule has 0 N–H and O–H groups in total. The third-order valence-corrected chi connectivity index (χ3v) is 4.25. The Morgan fingerprint density at radius 2 is 1.72 bits per heavy atom. The Morgan fingerprint density at radius 3 is 2.24 bits per heavy atom. The lowest BCUT2D eigenvalue weighted by atomic mass is 9.97. The second-order valence-corrected chi connectivity index (χ2v) is 6.35. The number of esters is 1. The Labute approximate surface area is 148 Å². The zero-order valence-corrected chi connectivity index (χ0v) is 15.6. The van der Waals surface area contributed by atoms with Gasteiger partial charge in [-0.05, 0) is 51.8 Å². The number of rotatable bonds is 5. The molecule has 0 aliphatic carbocycles. The first-order valence-corrected chi connectivity index (χ1v) is 8.16. The molecule has 0 saturated heterocycles. The highest BCUT2D eigenvalue weighted by atomic mass is 16.5. The third kappa shape index (κ3) is 4.24. The number of aryl methyl sites for hydroxylation is 5. The zero-order valence-electron chi connectivity index (χ0n) is 15.6. The number of nitrogens with zero attached hydrogens (tertiary/aromatic N) is 2. The van der Waals surface area contributed by atoms with Crippen LogP contribution in [0.15, 0.2) is 18.2 Å². The highest BCUT2D eigenvalue weighted by Crippen LogP contribution is 2.17. The average molecular weight is 340 g/mol. The van der Waals surface area contributed by atoms with E-state index in [1.807, 2.05) is 53.8 Å². The van der Waals surface area contributed by atoms with Crippen molar-refractivity contribution in [3.8, 4) is 0 Å². The summed E-state index contributed by atoms with van der Waals surface area (Å²) in [5.41, 5.74) is 6.21. The maximum atomic E-state index is 12.4. The van der Waals surface area contributed by atoms with E-state index in [2.05, 4.69) is 5.10 Å². The lowest BCUT2D eigenvalue weighted by molar-refractivity contribution is -0.136. The predicted molar refractivity (Wildman–Crippen MR) is 97.7 cm³/mol. The third-order valence-electron chi connectivity index (χ3n) is 4.25. The first-order chi connectivity index (χ1) is 11.7. The molecule has 5 heteroatoms. The Hall–Kier alpha value is -2.69. The molecule has 0 amide bonds. The molecule has 0 spiro atoms. The fraction of sp³-hybridized carbons (Fsp3) is 0.350. The summed E-state index contributed by atoms with van der Waals surface area (Å²) in [4.78, 5) is 24.3. The van der Waals surface area contributed by atoms with Gasteiger partial charge < -0.3 is 4.74 Å². The van der Waals surface area contributed by atoms with E-state index in [1.54, 1.807) is 10.8 Å². The molecule has 0 radical (unpaired) electrons. The summed E-state index contributed by atoms with van der Waals surface area (Å²) in [5, 5.41) is 4.29. The van der Waals surface area contributed by atoms with Gasteiger partial charge in [0.2, 0.25) is 5.78 Å². The molecule has 0 aliphatic heterocycles. The van der Waals surface area contributed by atoms with Crippen LogP contribution in [0.1, 0.15) is 44.0 Å². The summed E-state index contributed by atoms with van der Waals surface area (Å²) in [6, 6.07) is 3.91. The lowest BCUT2D eigenvalue weighted by Gasteiger charge is -2.10. The molecule has 25 heavy (non-hydrogen) atoms. The van der Waals surface area contributed by atoms with E-state index >= 15 is 0 Å². The molecule has 132 valence electrons. The number of hydrogen-bond donors (Lipinski definition) is 0. The maximum Gasteiger partial charge on any atom is 0.331 e. The van der Waals surface area contributed by atoms with Gasteiger partial charge in [-0.3, -0.25) is 9.48 Å². The van der Waals surface area contributed by atoms with E-state index in [0.717, 1.165) is 33.6 Å². The normalized spacial score (nSPS) is 11.1. The summed E-state index contributed by atoms with van der Waals surface area (Å²) < 4.78 is 6.86. The van der Waals surface area contributed by atoms with Gasteiger partial charge in [0.05, 0.1) is 5.69 Å². The molecule has 0 atom stereocenters. The fourth-order valence-corrected chi connectivity index (χ4v) is 3.06. The van der Waals surface area contributed by atoms with Crippen molar-refractivity contribution in [1.82, 2.24) is 9.78 Å². The summed E-state index contributed by atoms with van der Waals surface area (Å²) in [6.07, 6.45) is 3.01. The van der Waals surface area contributed by atoms with Crippen molar-refractivity contribution in [2.75, 3.05) is 6.61 Å². The number of ether oxygens (including phenoxy) is 1. The molecule has 2 aromatic rings. The first-order valence-electron chi connectivity index (χ1n) is 8.16. The molecule has 1 heterocycles. The van der Waals surface area contributed by atoms with E-state index < -0.39 is 5.97 Å². The van der Waals surface area contributed by atoms with Crippen LogP contribution in [-0.4, -0.2) is 28.1 Å². The summed E-state index contributed by atoms with van der Waals surface area (Å²) in [7, 11) is 1.85. The van der Waals surface area contributed by atoms with Crippen molar-refractivity contribution in [2.24, 2.45) is 7.05 Å². The van der Waals surface area contributed by atoms with Crippen molar-refractivity contribution in [1.29, 1.82) is 0 Å². The van der Waals surface area contributed by atoms with E-state index in [-0.39, 0.29) is 12.4 Å². The summed E-state index contributed by atoms with van der Waals surface area (Å²) >= 11 is 0. The van der Waals surface area contributed by atoms with Crippen LogP contribution in [0.4, 0.5) is 0 Å². The van der Waals surface area contributed by atoms with Crippen LogP contribution in [0, 0.1) is 34.6 Å². The lowest BCUT2D eigenvalue weighted by Crippen LogP contribution is -2.15. The molecule has 0 aliphatic rings. The molecule has 0 unspecified atom stereocenters. The van der Waals surface area contributed by atoms with E-state index in [9.17, 15) is 9.59 Å². The van der Waals surface area contributed by atoms with Crippen molar-refractivity contribution in [2.45, 2.75) is 34.6 Å². The largest absolute Gasteiger partial charge is 0.454 e. The van der Waals surface area contributed by atoms with E-state index in [1.165, 1.54) is 6.08 Å². The minimum Gasteiger partial charge on any atom is -0.454 e. The van der Waals surface area contributed by atoms with Crippen LogP contribution >= 0.6 is 0 Å².